The Balaban J connectivity index is 2.24. The van der Waals surface area contributed by atoms with E-state index in [1.807, 2.05) is 0 Å². The summed E-state index contributed by atoms with van der Waals surface area (Å²) in [5.41, 5.74) is 1.39. The molecule has 4 nitrogen and oxygen atoms in total. The van der Waals surface area contributed by atoms with Crippen LogP contribution in [0.25, 0.3) is 0 Å². The fourth-order valence-corrected chi connectivity index (χ4v) is 1.70. The molecule has 2 rings (SSSR count). The standard InChI is InChI=1S/C14H14O4/c1-16-11-3-4-12(14(8-11)17-2)13(15)7-10-5-6-18-9-10/h3-6,8-9H,7H2,1-2H3. The molecule has 1 heterocycles. The van der Waals surface area contributed by atoms with Crippen LogP contribution in [0.3, 0.4) is 0 Å². The Kier molecular flexibility index (Phi) is 3.67. The van der Waals surface area contributed by atoms with Gasteiger partial charge in [-0.1, -0.05) is 0 Å². The fraction of sp³-hybridized carbons (Fsp3) is 0.214. The van der Waals surface area contributed by atoms with Crippen molar-refractivity contribution in [3.8, 4) is 11.5 Å². The van der Waals surface area contributed by atoms with Crippen molar-refractivity contribution >= 4 is 5.78 Å². The summed E-state index contributed by atoms with van der Waals surface area (Å²) in [7, 11) is 3.10. The molecule has 0 unspecified atom stereocenters. The third-order valence-corrected chi connectivity index (χ3v) is 2.65. The van der Waals surface area contributed by atoms with Gasteiger partial charge in [0.15, 0.2) is 5.78 Å². The van der Waals surface area contributed by atoms with Crippen molar-refractivity contribution in [3.63, 3.8) is 0 Å². The summed E-state index contributed by atoms with van der Waals surface area (Å²) in [6.07, 6.45) is 3.40. The lowest BCUT2D eigenvalue weighted by Gasteiger charge is -2.09. The van der Waals surface area contributed by atoms with E-state index in [1.165, 1.54) is 7.11 Å². The van der Waals surface area contributed by atoms with E-state index in [0.717, 1.165) is 5.56 Å². The summed E-state index contributed by atoms with van der Waals surface area (Å²) in [6.45, 7) is 0. The summed E-state index contributed by atoms with van der Waals surface area (Å²) in [4.78, 5) is 12.1. The average molecular weight is 246 g/mol. The van der Waals surface area contributed by atoms with E-state index < -0.39 is 0 Å². The van der Waals surface area contributed by atoms with Crippen LogP contribution in [0.5, 0.6) is 11.5 Å². The number of carbonyl (C=O) groups excluding carboxylic acids is 1. The summed E-state index contributed by atoms with van der Waals surface area (Å²) < 4.78 is 15.2. The van der Waals surface area contributed by atoms with Gasteiger partial charge in [0.2, 0.25) is 0 Å². The van der Waals surface area contributed by atoms with Gasteiger partial charge in [0.1, 0.15) is 11.5 Å². The van der Waals surface area contributed by atoms with Gasteiger partial charge >= 0.3 is 0 Å². The van der Waals surface area contributed by atoms with Crippen molar-refractivity contribution in [2.24, 2.45) is 0 Å². The van der Waals surface area contributed by atoms with Gasteiger partial charge in [0.05, 0.1) is 32.3 Å². The molecule has 0 radical (unpaired) electrons. The highest BCUT2D eigenvalue weighted by molar-refractivity contribution is 6.00. The predicted octanol–water partition coefficient (Wildman–Crippen LogP) is 2.72. The zero-order valence-electron chi connectivity index (χ0n) is 10.3. The van der Waals surface area contributed by atoms with E-state index in [2.05, 4.69) is 0 Å². The van der Waals surface area contributed by atoms with Crippen LogP contribution in [-0.4, -0.2) is 20.0 Å². The highest BCUT2D eigenvalue weighted by Gasteiger charge is 2.14. The molecule has 0 aliphatic heterocycles. The van der Waals surface area contributed by atoms with E-state index >= 15 is 0 Å². The second-order valence-corrected chi connectivity index (χ2v) is 3.80. The largest absolute Gasteiger partial charge is 0.497 e. The molecule has 0 amide bonds. The number of Topliss-reactive ketones (excluding diaryl/α,β-unsaturated/α-hetero) is 1. The molecule has 4 heteroatoms. The lowest BCUT2D eigenvalue weighted by molar-refractivity contribution is 0.0990. The first-order chi connectivity index (χ1) is 8.74. The third-order valence-electron chi connectivity index (χ3n) is 2.65. The number of hydrogen-bond donors (Lipinski definition) is 0. The van der Waals surface area contributed by atoms with E-state index in [0.29, 0.717) is 23.5 Å². The molecule has 0 aliphatic rings. The number of carbonyl (C=O) groups is 1. The third kappa shape index (κ3) is 2.53. The maximum Gasteiger partial charge on any atom is 0.171 e. The number of benzene rings is 1. The number of hydrogen-bond acceptors (Lipinski definition) is 4. The lowest BCUT2D eigenvalue weighted by Crippen LogP contribution is -2.05. The normalized spacial score (nSPS) is 10.1. The monoisotopic (exact) mass is 246 g/mol. The molecular weight excluding hydrogens is 232 g/mol. The van der Waals surface area contributed by atoms with Crippen LogP contribution >= 0.6 is 0 Å². The lowest BCUT2D eigenvalue weighted by atomic mass is 10.0. The van der Waals surface area contributed by atoms with Crippen molar-refractivity contribution in [1.29, 1.82) is 0 Å². The van der Waals surface area contributed by atoms with E-state index in [1.54, 1.807) is 43.9 Å². The van der Waals surface area contributed by atoms with Crippen LogP contribution in [0.2, 0.25) is 0 Å². The van der Waals surface area contributed by atoms with Gasteiger partial charge in [-0.3, -0.25) is 4.79 Å². The molecule has 0 N–H and O–H groups in total. The summed E-state index contributed by atoms with van der Waals surface area (Å²) in [5.74, 6) is 1.16. The summed E-state index contributed by atoms with van der Waals surface area (Å²) >= 11 is 0. The summed E-state index contributed by atoms with van der Waals surface area (Å²) in [5, 5.41) is 0. The Bertz CT molecular complexity index is 529. The van der Waals surface area contributed by atoms with Crippen LogP contribution in [-0.2, 0) is 6.42 Å². The van der Waals surface area contributed by atoms with Gasteiger partial charge in [-0.05, 0) is 23.8 Å². The molecule has 1 aromatic heterocycles. The van der Waals surface area contributed by atoms with Gasteiger partial charge in [-0.25, -0.2) is 0 Å². The van der Waals surface area contributed by atoms with Gasteiger partial charge in [-0.15, -0.1) is 0 Å². The predicted molar refractivity (Wildman–Crippen MR) is 66.3 cm³/mol. The van der Waals surface area contributed by atoms with Crippen LogP contribution in [0.1, 0.15) is 15.9 Å². The molecule has 0 aliphatic carbocycles. The molecule has 94 valence electrons. The van der Waals surface area contributed by atoms with E-state index in [-0.39, 0.29) is 5.78 Å². The Hall–Kier alpha value is -2.23. The Morgan fingerprint density at radius 3 is 2.67 bits per heavy atom. The molecule has 18 heavy (non-hydrogen) atoms. The highest BCUT2D eigenvalue weighted by atomic mass is 16.5. The maximum absolute atomic E-state index is 12.1. The van der Waals surface area contributed by atoms with E-state index in [4.69, 9.17) is 13.9 Å². The van der Waals surface area contributed by atoms with Crippen LogP contribution in [0.4, 0.5) is 0 Å². The quantitative estimate of drug-likeness (QED) is 0.761. The molecule has 0 bridgehead atoms. The van der Waals surface area contributed by atoms with Gasteiger partial charge in [0.25, 0.3) is 0 Å². The van der Waals surface area contributed by atoms with Crippen LogP contribution in [0, 0.1) is 0 Å². The van der Waals surface area contributed by atoms with Crippen molar-refractivity contribution in [1.82, 2.24) is 0 Å². The minimum Gasteiger partial charge on any atom is -0.497 e. The number of rotatable bonds is 5. The van der Waals surface area contributed by atoms with Gasteiger partial charge in [-0.2, -0.15) is 0 Å². The molecule has 0 fully saturated rings. The van der Waals surface area contributed by atoms with Crippen molar-refractivity contribution in [3.05, 3.63) is 47.9 Å². The number of methoxy groups -OCH3 is 2. The molecule has 0 saturated heterocycles. The first kappa shape index (κ1) is 12.2. The van der Waals surface area contributed by atoms with Crippen LogP contribution in [0.15, 0.2) is 41.2 Å². The second kappa shape index (κ2) is 5.40. The molecule has 1 aromatic carbocycles. The van der Waals surface area contributed by atoms with Crippen molar-refractivity contribution < 1.29 is 18.7 Å². The zero-order valence-corrected chi connectivity index (χ0v) is 10.3. The molecule has 0 spiro atoms. The maximum atomic E-state index is 12.1. The minimum absolute atomic E-state index is 0.0177. The average Bonchev–Trinajstić information content (AvgIpc) is 2.90. The Labute approximate surface area is 105 Å². The molecule has 0 saturated carbocycles. The highest BCUT2D eigenvalue weighted by Crippen LogP contribution is 2.25. The first-order valence-corrected chi connectivity index (χ1v) is 5.51. The Morgan fingerprint density at radius 1 is 1.22 bits per heavy atom. The number of ketones is 1. The van der Waals surface area contributed by atoms with Crippen molar-refractivity contribution in [2.45, 2.75) is 6.42 Å². The number of ether oxygens (including phenoxy) is 2. The number of furan rings is 1. The van der Waals surface area contributed by atoms with Crippen LogP contribution < -0.4 is 9.47 Å². The van der Waals surface area contributed by atoms with Crippen molar-refractivity contribution in [2.75, 3.05) is 14.2 Å². The Morgan fingerprint density at radius 2 is 2.06 bits per heavy atom. The zero-order chi connectivity index (χ0) is 13.0. The smallest absolute Gasteiger partial charge is 0.171 e. The second-order valence-electron chi connectivity index (χ2n) is 3.80. The topological polar surface area (TPSA) is 48.7 Å². The van der Waals surface area contributed by atoms with E-state index in [9.17, 15) is 4.79 Å². The minimum atomic E-state index is -0.0177. The first-order valence-electron chi connectivity index (χ1n) is 5.51. The molecular formula is C14H14O4. The fourth-order valence-electron chi connectivity index (χ4n) is 1.70. The SMILES string of the molecule is COc1ccc(C(=O)Cc2ccoc2)c(OC)c1. The summed E-state index contributed by atoms with van der Waals surface area (Å²) in [6, 6.07) is 6.92. The molecule has 2 aromatic rings. The van der Waals surface area contributed by atoms with Gasteiger partial charge in [0, 0.05) is 12.5 Å². The van der Waals surface area contributed by atoms with Gasteiger partial charge < -0.3 is 13.9 Å². The molecule has 0 atom stereocenters.